The Bertz CT molecular complexity index is 1530. The van der Waals surface area contributed by atoms with Crippen LogP contribution in [0.2, 0.25) is 10.0 Å². The lowest BCUT2D eigenvalue weighted by atomic mass is 9.80. The molecule has 2 aromatic heterocycles. The SMILES string of the molecule is COc1cc[n+](-c2nc3cc4c(cc3[nH]2)C(C)(C)C(=O)C4(C)C)c(CSSCc2ccc(Cl)c(Cl)c2)c1C.[Cl-]. The Morgan fingerprint density at radius 1 is 0.974 bits per heavy atom. The number of nitrogens with one attached hydrogen (secondary N) is 1. The Kier molecular flexibility index (Phi) is 8.61. The molecule has 2 aromatic carbocycles. The van der Waals surface area contributed by atoms with Crippen molar-refractivity contribution in [1.29, 1.82) is 0 Å². The number of carbonyl (C=O) groups excluding carboxylic acids is 1. The fourth-order valence-electron chi connectivity index (χ4n) is 5.33. The molecule has 2 heterocycles. The van der Waals surface area contributed by atoms with Crippen LogP contribution in [-0.4, -0.2) is 22.9 Å². The van der Waals surface area contributed by atoms with Crippen molar-refractivity contribution < 1.29 is 26.5 Å². The summed E-state index contributed by atoms with van der Waals surface area (Å²) in [5.41, 5.74) is 6.12. The standard InChI is InChI=1S/C29H30Cl2N3O2S2.ClH/c1-16-24(15-38-37-14-17-7-8-20(30)21(31)11-17)34(10-9-25(16)36-6)27-32-22-12-18-19(13-23(22)33-27)29(4,5)26(35)28(18,2)3;/h7-13H,14-15H2,1-6H3,(H,32,33);1H/q+1;/p-1. The number of halogens is 3. The molecule has 0 radical (unpaired) electrons. The Morgan fingerprint density at radius 3 is 2.31 bits per heavy atom. The van der Waals surface area contributed by atoms with Gasteiger partial charge in [-0.3, -0.25) is 4.79 Å². The molecule has 0 atom stereocenters. The molecular formula is C29H30Cl3N3O2S2. The molecule has 0 saturated heterocycles. The van der Waals surface area contributed by atoms with Crippen molar-refractivity contribution in [2.45, 2.75) is 57.0 Å². The van der Waals surface area contributed by atoms with E-state index in [1.165, 1.54) is 0 Å². The van der Waals surface area contributed by atoms with E-state index in [9.17, 15) is 4.79 Å². The van der Waals surface area contributed by atoms with Gasteiger partial charge in [-0.25, -0.2) is 9.55 Å². The molecule has 1 N–H and O–H groups in total. The molecule has 0 spiro atoms. The van der Waals surface area contributed by atoms with Gasteiger partial charge in [0.05, 0.1) is 29.1 Å². The molecule has 4 aromatic rings. The van der Waals surface area contributed by atoms with Gasteiger partial charge >= 0.3 is 5.95 Å². The van der Waals surface area contributed by atoms with E-state index in [1.54, 1.807) is 28.7 Å². The summed E-state index contributed by atoms with van der Waals surface area (Å²) in [7, 11) is 5.21. The molecule has 0 amide bonds. The molecule has 1 aliphatic carbocycles. The fourth-order valence-corrected chi connectivity index (χ4v) is 7.84. The first-order valence-corrected chi connectivity index (χ1v) is 15.6. The van der Waals surface area contributed by atoms with Crippen LogP contribution in [-0.2, 0) is 27.1 Å². The van der Waals surface area contributed by atoms with E-state index in [0.717, 1.165) is 62.2 Å². The number of aromatic nitrogens is 3. The largest absolute Gasteiger partial charge is 1.00 e. The molecule has 1 aliphatic rings. The third-order valence-electron chi connectivity index (χ3n) is 7.50. The number of methoxy groups -OCH3 is 1. The Labute approximate surface area is 253 Å². The molecule has 0 saturated carbocycles. The lowest BCUT2D eigenvalue weighted by molar-refractivity contribution is -0.610. The molecular weight excluding hydrogens is 593 g/mol. The highest BCUT2D eigenvalue weighted by atomic mass is 35.5. The number of ether oxygens (including phenoxy) is 1. The number of imidazole rings is 1. The minimum atomic E-state index is -0.538. The lowest BCUT2D eigenvalue weighted by Crippen LogP contribution is -3.00. The summed E-state index contributed by atoms with van der Waals surface area (Å²) in [6.07, 6.45) is 1.99. The number of Topliss-reactive ketones (excluding diaryl/α,β-unsaturated/α-hetero) is 1. The van der Waals surface area contributed by atoms with Gasteiger partial charge in [-0.05, 0) is 75.6 Å². The first-order chi connectivity index (χ1) is 17.9. The lowest BCUT2D eigenvalue weighted by Gasteiger charge is -2.21. The van der Waals surface area contributed by atoms with Crippen LogP contribution in [0.4, 0.5) is 0 Å². The van der Waals surface area contributed by atoms with Gasteiger partial charge in [-0.1, -0.05) is 55.8 Å². The zero-order chi connectivity index (χ0) is 27.4. The van der Waals surface area contributed by atoms with Crippen LogP contribution in [0.25, 0.3) is 17.0 Å². The Balaban J connectivity index is 0.00000353. The number of rotatable bonds is 7. The number of ketones is 1. The van der Waals surface area contributed by atoms with Crippen LogP contribution in [0, 0.1) is 6.92 Å². The highest BCUT2D eigenvalue weighted by Gasteiger charge is 2.50. The van der Waals surface area contributed by atoms with Crippen LogP contribution >= 0.6 is 44.8 Å². The summed E-state index contributed by atoms with van der Waals surface area (Å²) < 4.78 is 7.72. The predicted octanol–water partition coefficient (Wildman–Crippen LogP) is 4.69. The zero-order valence-electron chi connectivity index (χ0n) is 22.6. The Hall–Kier alpha value is -1.90. The molecule has 206 valence electrons. The second-order valence-electron chi connectivity index (χ2n) is 10.7. The predicted molar refractivity (Wildman–Crippen MR) is 159 cm³/mol. The number of benzene rings is 2. The fraction of sp³-hybridized carbons (Fsp3) is 0.345. The van der Waals surface area contributed by atoms with Crippen molar-refractivity contribution in [3.05, 3.63) is 80.6 Å². The molecule has 10 heteroatoms. The van der Waals surface area contributed by atoms with Crippen molar-refractivity contribution in [2.75, 3.05) is 7.11 Å². The van der Waals surface area contributed by atoms with E-state index in [4.69, 9.17) is 32.9 Å². The highest BCUT2D eigenvalue weighted by Crippen LogP contribution is 2.47. The van der Waals surface area contributed by atoms with Gasteiger partial charge < -0.3 is 17.1 Å². The van der Waals surface area contributed by atoms with Crippen LogP contribution in [0.1, 0.15) is 55.6 Å². The average Bonchev–Trinajstić information content (AvgIpc) is 3.35. The smallest absolute Gasteiger partial charge is 0.402 e. The third-order valence-corrected chi connectivity index (χ3v) is 10.5. The van der Waals surface area contributed by atoms with Crippen LogP contribution in [0.5, 0.6) is 5.75 Å². The summed E-state index contributed by atoms with van der Waals surface area (Å²) in [6.45, 7) is 10.1. The first-order valence-electron chi connectivity index (χ1n) is 12.3. The number of aromatic amines is 1. The average molecular weight is 623 g/mol. The minimum absolute atomic E-state index is 0. The van der Waals surface area contributed by atoms with E-state index in [2.05, 4.69) is 28.6 Å². The second-order valence-corrected chi connectivity index (χ2v) is 13.9. The van der Waals surface area contributed by atoms with Gasteiger partial charge in [0, 0.05) is 28.2 Å². The Morgan fingerprint density at radius 2 is 1.64 bits per heavy atom. The van der Waals surface area contributed by atoms with Gasteiger partial charge in [-0.15, -0.1) is 0 Å². The van der Waals surface area contributed by atoms with Crippen molar-refractivity contribution in [2.24, 2.45) is 0 Å². The summed E-state index contributed by atoms with van der Waals surface area (Å²) in [6, 6.07) is 11.9. The molecule has 0 aliphatic heterocycles. The summed E-state index contributed by atoms with van der Waals surface area (Å²) in [5.74, 6) is 3.37. The molecule has 39 heavy (non-hydrogen) atoms. The quantitative estimate of drug-likeness (QED) is 0.184. The topological polar surface area (TPSA) is 58.9 Å². The maximum Gasteiger partial charge on any atom is 0.402 e. The number of H-pyrrole nitrogens is 1. The maximum atomic E-state index is 13.1. The van der Waals surface area contributed by atoms with Crippen LogP contribution in [0.15, 0.2) is 42.6 Å². The van der Waals surface area contributed by atoms with Gasteiger partial charge in [0.1, 0.15) is 17.0 Å². The maximum absolute atomic E-state index is 13.1. The van der Waals surface area contributed by atoms with Gasteiger partial charge in [0.2, 0.25) is 0 Å². The molecule has 0 fully saturated rings. The third kappa shape index (κ3) is 5.29. The first kappa shape index (κ1) is 30.1. The normalized spacial score (nSPS) is 15.3. The highest BCUT2D eigenvalue weighted by molar-refractivity contribution is 8.76. The van der Waals surface area contributed by atoms with Gasteiger partial charge in [0.25, 0.3) is 0 Å². The number of carbonyl (C=O) groups is 1. The van der Waals surface area contributed by atoms with E-state index in [-0.39, 0.29) is 18.2 Å². The number of hydrogen-bond acceptors (Lipinski definition) is 5. The van der Waals surface area contributed by atoms with E-state index in [0.29, 0.717) is 10.0 Å². The molecule has 5 rings (SSSR count). The number of nitrogens with zero attached hydrogens (tertiary/aromatic N) is 2. The van der Waals surface area contributed by atoms with E-state index >= 15 is 0 Å². The van der Waals surface area contributed by atoms with Gasteiger partial charge in [0.15, 0.2) is 11.3 Å². The molecule has 0 unspecified atom stereocenters. The second kappa shape index (κ2) is 11.2. The van der Waals surface area contributed by atoms with Crippen LogP contribution in [0.3, 0.4) is 0 Å². The zero-order valence-corrected chi connectivity index (χ0v) is 26.5. The number of pyridine rings is 1. The van der Waals surface area contributed by atoms with Crippen molar-refractivity contribution in [3.63, 3.8) is 0 Å². The monoisotopic (exact) mass is 621 g/mol. The molecule has 0 bridgehead atoms. The summed E-state index contributed by atoms with van der Waals surface area (Å²) >= 11 is 12.2. The van der Waals surface area contributed by atoms with Crippen molar-refractivity contribution in [3.8, 4) is 11.7 Å². The number of hydrogen-bond donors (Lipinski definition) is 1. The van der Waals surface area contributed by atoms with E-state index in [1.807, 2.05) is 58.2 Å². The summed E-state index contributed by atoms with van der Waals surface area (Å²) in [4.78, 5) is 21.6. The molecule has 5 nitrogen and oxygen atoms in total. The van der Waals surface area contributed by atoms with E-state index < -0.39 is 10.8 Å². The number of fused-ring (bicyclic) bond motifs is 2. The summed E-state index contributed by atoms with van der Waals surface area (Å²) in [5, 5.41) is 1.14. The minimum Gasteiger partial charge on any atom is -1.00 e. The van der Waals surface area contributed by atoms with Crippen molar-refractivity contribution >= 4 is 61.6 Å². The van der Waals surface area contributed by atoms with Crippen molar-refractivity contribution in [1.82, 2.24) is 9.97 Å². The van der Waals surface area contributed by atoms with Gasteiger partial charge in [-0.2, -0.15) is 0 Å². The van der Waals surface area contributed by atoms with Crippen LogP contribution < -0.4 is 21.7 Å².